The molecule has 3 rings (SSSR count). The molecule has 2 heterocycles. The minimum atomic E-state index is -1.45. The quantitative estimate of drug-likeness (QED) is 0.493. The molecule has 0 aliphatic rings. The van der Waals surface area contributed by atoms with Gasteiger partial charge in [0.25, 0.3) is 0 Å². The maximum atomic E-state index is 11.7. The van der Waals surface area contributed by atoms with Gasteiger partial charge in [-0.25, -0.2) is 9.78 Å². The number of rotatable bonds is 5. The van der Waals surface area contributed by atoms with Gasteiger partial charge in [0.05, 0.1) is 18.4 Å². The van der Waals surface area contributed by atoms with E-state index in [1.54, 1.807) is 12.3 Å². The Hall–Kier alpha value is -2.62. The van der Waals surface area contributed by atoms with Crippen molar-refractivity contribution < 1.29 is 19.6 Å². The highest BCUT2D eigenvalue weighted by Gasteiger charge is 2.16. The number of nitrogens with one attached hydrogen (secondary N) is 2. The molecular weight excluding hydrogens is 377 g/mol. The molecule has 0 radical (unpaired) electrons. The largest absolute Gasteiger partial charge is 0.499 e. The van der Waals surface area contributed by atoms with Crippen molar-refractivity contribution in [2.24, 2.45) is 0 Å². The zero-order chi connectivity index (χ0) is 20.3. The first-order valence-electron chi connectivity index (χ1n) is 8.79. The van der Waals surface area contributed by atoms with E-state index in [1.165, 1.54) is 11.3 Å². The molecular formula is C19H22BN3O4S. The van der Waals surface area contributed by atoms with Gasteiger partial charge in [-0.1, -0.05) is 30.3 Å². The molecule has 4 N–H and O–H groups in total. The smallest absolute Gasteiger partial charge is 0.444 e. The SMILES string of the molecule is CC(C)(C)OC(=O)NCc1ncc(-c2ccc(-c3ccc(B(O)O)s3)cc2)[nH]1. The topological polar surface area (TPSA) is 107 Å². The van der Waals surface area contributed by atoms with Crippen LogP contribution in [0.2, 0.25) is 0 Å². The lowest BCUT2D eigenvalue weighted by Gasteiger charge is -2.19. The van der Waals surface area contributed by atoms with Gasteiger partial charge < -0.3 is 25.1 Å². The van der Waals surface area contributed by atoms with E-state index in [0.29, 0.717) is 10.6 Å². The van der Waals surface area contributed by atoms with Crippen LogP contribution in [0.4, 0.5) is 4.79 Å². The number of aromatic amines is 1. The van der Waals surface area contributed by atoms with E-state index in [9.17, 15) is 14.8 Å². The van der Waals surface area contributed by atoms with Gasteiger partial charge in [-0.15, -0.1) is 11.3 Å². The van der Waals surface area contributed by atoms with Crippen molar-refractivity contribution in [1.29, 1.82) is 0 Å². The Kier molecular flexibility index (Phi) is 5.88. The summed E-state index contributed by atoms with van der Waals surface area (Å²) in [4.78, 5) is 20.1. The number of amides is 1. The number of hydrogen-bond donors (Lipinski definition) is 4. The molecule has 0 unspecified atom stereocenters. The van der Waals surface area contributed by atoms with E-state index in [4.69, 9.17) is 4.74 Å². The third-order valence-corrected chi connectivity index (χ3v) is 4.96. The minimum Gasteiger partial charge on any atom is -0.444 e. The minimum absolute atomic E-state index is 0.244. The van der Waals surface area contributed by atoms with Crippen LogP contribution in [0, 0.1) is 0 Å². The molecule has 3 aromatic rings. The number of imidazole rings is 1. The van der Waals surface area contributed by atoms with Gasteiger partial charge in [0.2, 0.25) is 0 Å². The second-order valence-corrected chi connectivity index (χ2v) is 8.37. The van der Waals surface area contributed by atoms with E-state index in [0.717, 1.165) is 21.7 Å². The first-order chi connectivity index (χ1) is 13.2. The summed E-state index contributed by atoms with van der Waals surface area (Å²) in [6, 6.07) is 11.4. The van der Waals surface area contributed by atoms with Gasteiger partial charge in [-0.3, -0.25) is 0 Å². The molecule has 0 saturated carbocycles. The summed E-state index contributed by atoms with van der Waals surface area (Å²) < 4.78 is 5.71. The summed E-state index contributed by atoms with van der Waals surface area (Å²) >= 11 is 1.34. The molecule has 1 amide bonds. The summed E-state index contributed by atoms with van der Waals surface area (Å²) in [6.45, 7) is 5.67. The number of ether oxygens (including phenoxy) is 1. The van der Waals surface area contributed by atoms with Gasteiger partial charge in [0.1, 0.15) is 11.4 Å². The van der Waals surface area contributed by atoms with Crippen molar-refractivity contribution in [2.75, 3.05) is 0 Å². The van der Waals surface area contributed by atoms with E-state index in [-0.39, 0.29) is 6.54 Å². The van der Waals surface area contributed by atoms with Crippen molar-refractivity contribution in [3.05, 3.63) is 48.4 Å². The predicted octanol–water partition coefficient (Wildman–Crippen LogP) is 2.51. The zero-order valence-electron chi connectivity index (χ0n) is 15.9. The summed E-state index contributed by atoms with van der Waals surface area (Å²) in [5, 5.41) is 21.1. The molecule has 0 saturated heterocycles. The van der Waals surface area contributed by atoms with E-state index >= 15 is 0 Å². The standard InChI is InChI=1S/C19H22BN3O4S/c1-19(2,3)27-18(24)22-11-17-21-10-14(23-17)12-4-6-13(7-5-12)15-8-9-16(28-15)20(25)26/h4-10,25-26H,11H2,1-3H3,(H,21,23)(H,22,24). The van der Waals surface area contributed by atoms with Crippen molar-refractivity contribution in [3.8, 4) is 21.7 Å². The summed E-state index contributed by atoms with van der Waals surface area (Å²) in [7, 11) is -1.45. The third-order valence-electron chi connectivity index (χ3n) is 3.79. The molecule has 1 aromatic carbocycles. The van der Waals surface area contributed by atoms with Crippen LogP contribution in [0.5, 0.6) is 0 Å². The number of hydrogen-bond acceptors (Lipinski definition) is 6. The van der Waals surface area contributed by atoms with Crippen LogP contribution >= 0.6 is 11.3 Å². The van der Waals surface area contributed by atoms with Gasteiger partial charge in [0.15, 0.2) is 0 Å². The van der Waals surface area contributed by atoms with Crippen molar-refractivity contribution >= 4 is 29.3 Å². The fourth-order valence-electron chi connectivity index (χ4n) is 2.53. The summed E-state index contributed by atoms with van der Waals surface area (Å²) in [5.41, 5.74) is 2.24. The number of carbonyl (C=O) groups is 1. The number of aromatic nitrogens is 2. The molecule has 9 heteroatoms. The lowest BCUT2D eigenvalue weighted by molar-refractivity contribution is 0.0522. The lowest BCUT2D eigenvalue weighted by Crippen LogP contribution is -2.32. The maximum absolute atomic E-state index is 11.7. The highest BCUT2D eigenvalue weighted by atomic mass is 32.1. The van der Waals surface area contributed by atoms with Gasteiger partial charge >= 0.3 is 13.2 Å². The number of benzene rings is 1. The molecule has 0 bridgehead atoms. The number of carbonyl (C=O) groups excluding carboxylic acids is 1. The zero-order valence-corrected chi connectivity index (χ0v) is 16.7. The molecule has 0 aliphatic carbocycles. The lowest BCUT2D eigenvalue weighted by atomic mass is 9.90. The van der Waals surface area contributed by atoms with Crippen molar-refractivity contribution in [1.82, 2.24) is 15.3 Å². The predicted molar refractivity (Wildman–Crippen MR) is 110 cm³/mol. The molecule has 0 spiro atoms. The molecule has 0 aliphatic heterocycles. The van der Waals surface area contributed by atoms with Crippen LogP contribution in [0.25, 0.3) is 21.7 Å². The van der Waals surface area contributed by atoms with Crippen LogP contribution in [0.3, 0.4) is 0 Å². The Bertz CT molecular complexity index is 945. The average molecular weight is 399 g/mol. The van der Waals surface area contributed by atoms with E-state index in [1.807, 2.05) is 51.1 Å². The average Bonchev–Trinajstić information content (AvgIpc) is 3.28. The normalized spacial score (nSPS) is 11.3. The van der Waals surface area contributed by atoms with E-state index < -0.39 is 18.8 Å². The summed E-state index contributed by atoms with van der Waals surface area (Å²) in [6.07, 6.45) is 1.23. The fourth-order valence-corrected chi connectivity index (χ4v) is 3.42. The highest BCUT2D eigenvalue weighted by Crippen LogP contribution is 2.26. The molecule has 7 nitrogen and oxygen atoms in total. The van der Waals surface area contributed by atoms with Crippen LogP contribution in [-0.4, -0.2) is 38.8 Å². The number of alkyl carbamates (subject to hydrolysis) is 1. The number of nitrogens with zero attached hydrogens (tertiary/aromatic N) is 1. The molecule has 2 aromatic heterocycles. The Morgan fingerprint density at radius 1 is 1.18 bits per heavy atom. The van der Waals surface area contributed by atoms with E-state index in [2.05, 4.69) is 15.3 Å². The van der Waals surface area contributed by atoms with Crippen molar-refractivity contribution in [3.63, 3.8) is 0 Å². The molecule has 146 valence electrons. The summed E-state index contributed by atoms with van der Waals surface area (Å²) in [5.74, 6) is 0.629. The Balaban J connectivity index is 1.64. The fraction of sp³-hybridized carbons (Fsp3) is 0.263. The van der Waals surface area contributed by atoms with Crippen LogP contribution in [-0.2, 0) is 11.3 Å². The van der Waals surface area contributed by atoms with Gasteiger partial charge in [-0.05, 0) is 38.0 Å². The van der Waals surface area contributed by atoms with Gasteiger partial charge in [0, 0.05) is 9.65 Å². The van der Waals surface area contributed by atoms with Gasteiger partial charge in [-0.2, -0.15) is 0 Å². The van der Waals surface area contributed by atoms with Crippen molar-refractivity contribution in [2.45, 2.75) is 32.9 Å². The Morgan fingerprint density at radius 2 is 1.86 bits per heavy atom. The molecule has 0 atom stereocenters. The molecule has 28 heavy (non-hydrogen) atoms. The first-order valence-corrected chi connectivity index (χ1v) is 9.60. The second-order valence-electron chi connectivity index (χ2n) is 7.25. The number of H-pyrrole nitrogens is 1. The van der Waals surface area contributed by atoms with Crippen LogP contribution in [0.15, 0.2) is 42.6 Å². The Morgan fingerprint density at radius 3 is 2.46 bits per heavy atom. The first kappa shape index (κ1) is 20.1. The number of thiophene rings is 1. The van der Waals surface area contributed by atoms with Crippen LogP contribution in [0.1, 0.15) is 26.6 Å². The van der Waals surface area contributed by atoms with Crippen LogP contribution < -0.4 is 10.1 Å². The monoisotopic (exact) mass is 399 g/mol. The second kappa shape index (κ2) is 8.18. The third kappa shape index (κ3) is 5.22. The highest BCUT2D eigenvalue weighted by molar-refractivity contribution is 7.24. The molecule has 0 fully saturated rings. The maximum Gasteiger partial charge on any atom is 0.499 e. The Labute approximate surface area is 167 Å².